The maximum absolute atomic E-state index is 12.5. The van der Waals surface area contributed by atoms with Crippen LogP contribution in [0.1, 0.15) is 21.0 Å². The summed E-state index contributed by atoms with van der Waals surface area (Å²) < 4.78 is 3.52. The normalized spacial score (nSPS) is 10.9. The summed E-state index contributed by atoms with van der Waals surface area (Å²) in [6.45, 7) is 0. The molecule has 0 radical (unpaired) electrons. The number of hydrogen-bond acceptors (Lipinski definition) is 5. The zero-order valence-corrected chi connectivity index (χ0v) is 15.6. The largest absolute Gasteiger partial charge is 0.306 e. The molecule has 0 fully saturated rings. The number of nitrogens with zero attached hydrogens (tertiary/aromatic N) is 5. The first-order chi connectivity index (χ1) is 14.7. The molecule has 0 spiro atoms. The molecule has 30 heavy (non-hydrogen) atoms. The summed E-state index contributed by atoms with van der Waals surface area (Å²) in [5, 5.41) is 5.39. The van der Waals surface area contributed by atoms with Gasteiger partial charge >= 0.3 is 0 Å². The Labute approximate surface area is 170 Å². The van der Waals surface area contributed by atoms with Crippen molar-refractivity contribution in [2.24, 2.45) is 0 Å². The summed E-state index contributed by atoms with van der Waals surface area (Å²) in [5.74, 6) is -0.195. The second kappa shape index (κ2) is 7.13. The summed E-state index contributed by atoms with van der Waals surface area (Å²) in [6, 6.07) is 16.0. The van der Waals surface area contributed by atoms with Gasteiger partial charge in [0.25, 0.3) is 11.8 Å². The molecule has 0 bridgehead atoms. The summed E-state index contributed by atoms with van der Waals surface area (Å²) in [6.07, 6.45) is 6.90. The SMILES string of the molecule is O=C(Nc1cccc(NC(=O)c2cn3ccccc3n2)n1)c1cn2ccccc2n1. The fourth-order valence-electron chi connectivity index (χ4n) is 3.02. The Bertz CT molecular complexity index is 1230. The topological polar surface area (TPSA) is 106 Å². The lowest BCUT2D eigenvalue weighted by Gasteiger charge is -2.06. The van der Waals surface area contributed by atoms with E-state index >= 15 is 0 Å². The van der Waals surface area contributed by atoms with E-state index in [1.54, 1.807) is 39.4 Å². The first-order valence-corrected chi connectivity index (χ1v) is 9.13. The number of carbonyl (C=O) groups excluding carboxylic acids is 2. The molecule has 9 heteroatoms. The average Bonchev–Trinajstić information content (AvgIpc) is 3.38. The molecule has 146 valence electrons. The Balaban J connectivity index is 1.32. The minimum atomic E-state index is -0.393. The van der Waals surface area contributed by atoms with E-state index in [9.17, 15) is 9.59 Å². The first-order valence-electron chi connectivity index (χ1n) is 9.13. The molecular weight excluding hydrogens is 382 g/mol. The summed E-state index contributed by atoms with van der Waals surface area (Å²) in [5.41, 5.74) is 1.87. The van der Waals surface area contributed by atoms with E-state index in [0.717, 1.165) is 0 Å². The lowest BCUT2D eigenvalue weighted by Crippen LogP contribution is -2.16. The number of aromatic nitrogens is 5. The predicted molar refractivity (Wildman–Crippen MR) is 111 cm³/mol. The summed E-state index contributed by atoms with van der Waals surface area (Å²) >= 11 is 0. The third kappa shape index (κ3) is 3.35. The molecule has 5 rings (SSSR count). The molecule has 5 heterocycles. The van der Waals surface area contributed by atoms with Crippen LogP contribution in [0.15, 0.2) is 79.4 Å². The third-order valence-electron chi connectivity index (χ3n) is 4.43. The molecule has 0 saturated carbocycles. The maximum atomic E-state index is 12.5. The highest BCUT2D eigenvalue weighted by molar-refractivity contribution is 6.04. The van der Waals surface area contributed by atoms with Crippen LogP contribution in [-0.2, 0) is 0 Å². The lowest BCUT2D eigenvalue weighted by atomic mass is 10.4. The highest BCUT2D eigenvalue weighted by atomic mass is 16.2. The average molecular weight is 397 g/mol. The molecule has 9 nitrogen and oxygen atoms in total. The molecule has 2 N–H and O–H groups in total. The van der Waals surface area contributed by atoms with Crippen LogP contribution in [0, 0.1) is 0 Å². The van der Waals surface area contributed by atoms with Crippen molar-refractivity contribution in [2.75, 3.05) is 10.6 Å². The van der Waals surface area contributed by atoms with Gasteiger partial charge in [-0.15, -0.1) is 0 Å². The molecule has 0 atom stereocenters. The summed E-state index contributed by atoms with van der Waals surface area (Å²) in [7, 11) is 0. The van der Waals surface area contributed by atoms with Crippen LogP contribution in [0.5, 0.6) is 0 Å². The van der Waals surface area contributed by atoms with Crippen molar-refractivity contribution in [1.29, 1.82) is 0 Å². The fraction of sp³-hybridized carbons (Fsp3) is 0. The highest BCUT2D eigenvalue weighted by Gasteiger charge is 2.14. The second-order valence-electron chi connectivity index (χ2n) is 6.50. The van der Waals surface area contributed by atoms with Crippen molar-refractivity contribution in [2.45, 2.75) is 0 Å². The monoisotopic (exact) mass is 397 g/mol. The van der Waals surface area contributed by atoms with E-state index in [1.165, 1.54) is 0 Å². The van der Waals surface area contributed by atoms with E-state index in [4.69, 9.17) is 0 Å². The van der Waals surface area contributed by atoms with Crippen LogP contribution >= 0.6 is 0 Å². The Hall–Kier alpha value is -4.53. The molecule has 0 aromatic carbocycles. The van der Waals surface area contributed by atoms with Gasteiger partial charge in [0.05, 0.1) is 0 Å². The molecule has 0 aliphatic heterocycles. The van der Waals surface area contributed by atoms with Crippen molar-refractivity contribution in [3.63, 3.8) is 0 Å². The van der Waals surface area contributed by atoms with Crippen molar-refractivity contribution in [3.05, 3.63) is 90.8 Å². The van der Waals surface area contributed by atoms with Gasteiger partial charge in [-0.1, -0.05) is 18.2 Å². The number of fused-ring (bicyclic) bond motifs is 2. The van der Waals surface area contributed by atoms with Gasteiger partial charge in [0.15, 0.2) is 0 Å². The van der Waals surface area contributed by atoms with Crippen LogP contribution < -0.4 is 10.6 Å². The molecule has 0 aliphatic carbocycles. The van der Waals surface area contributed by atoms with Gasteiger partial charge in [-0.25, -0.2) is 15.0 Å². The Kier molecular flexibility index (Phi) is 4.18. The van der Waals surface area contributed by atoms with Crippen molar-refractivity contribution in [1.82, 2.24) is 23.8 Å². The van der Waals surface area contributed by atoms with E-state index in [0.29, 0.717) is 22.9 Å². The van der Waals surface area contributed by atoms with Gasteiger partial charge in [-0.2, -0.15) is 0 Å². The Morgan fingerprint density at radius 2 is 1.13 bits per heavy atom. The van der Waals surface area contributed by atoms with Crippen LogP contribution in [0.25, 0.3) is 11.3 Å². The minimum absolute atomic E-state index is 0.266. The van der Waals surface area contributed by atoms with Crippen molar-refractivity contribution < 1.29 is 9.59 Å². The number of rotatable bonds is 4. The maximum Gasteiger partial charge on any atom is 0.277 e. The zero-order valence-electron chi connectivity index (χ0n) is 15.6. The van der Waals surface area contributed by atoms with Gasteiger partial charge in [-0.3, -0.25) is 9.59 Å². The Morgan fingerprint density at radius 1 is 0.633 bits per heavy atom. The molecule has 2 amide bonds. The van der Waals surface area contributed by atoms with Gasteiger partial charge in [0.1, 0.15) is 34.3 Å². The van der Waals surface area contributed by atoms with Gasteiger partial charge in [-0.05, 0) is 36.4 Å². The lowest BCUT2D eigenvalue weighted by molar-refractivity contribution is 0.101. The Morgan fingerprint density at radius 3 is 1.60 bits per heavy atom. The van der Waals surface area contributed by atoms with Crippen molar-refractivity contribution in [3.8, 4) is 0 Å². The second-order valence-corrected chi connectivity index (χ2v) is 6.50. The van der Waals surface area contributed by atoms with Crippen molar-refractivity contribution >= 4 is 34.7 Å². The summed E-state index contributed by atoms with van der Waals surface area (Å²) in [4.78, 5) is 37.9. The molecular formula is C21H15N7O2. The van der Waals surface area contributed by atoms with Gasteiger partial charge < -0.3 is 19.4 Å². The molecule has 0 saturated heterocycles. The van der Waals surface area contributed by atoms with Crippen LogP contribution in [0.4, 0.5) is 11.6 Å². The van der Waals surface area contributed by atoms with E-state index in [1.807, 2.05) is 48.8 Å². The van der Waals surface area contributed by atoms with Crippen LogP contribution in [0.2, 0.25) is 0 Å². The number of hydrogen-bond donors (Lipinski definition) is 2. The van der Waals surface area contributed by atoms with Gasteiger partial charge in [0.2, 0.25) is 0 Å². The smallest absolute Gasteiger partial charge is 0.277 e. The molecule has 0 unspecified atom stereocenters. The molecule has 5 aromatic rings. The van der Waals surface area contributed by atoms with Crippen LogP contribution in [-0.4, -0.2) is 35.6 Å². The molecule has 5 aromatic heterocycles. The number of nitrogens with one attached hydrogen (secondary N) is 2. The fourth-order valence-corrected chi connectivity index (χ4v) is 3.02. The quantitative estimate of drug-likeness (QED) is 0.485. The van der Waals surface area contributed by atoms with Gasteiger partial charge in [0, 0.05) is 24.8 Å². The van der Waals surface area contributed by atoms with E-state index < -0.39 is 11.8 Å². The number of amides is 2. The van der Waals surface area contributed by atoms with Crippen LogP contribution in [0.3, 0.4) is 0 Å². The third-order valence-corrected chi connectivity index (χ3v) is 4.43. The number of carbonyl (C=O) groups is 2. The number of pyridine rings is 3. The standard InChI is InChI=1S/C21H15N7O2/c29-20(14-12-27-10-3-1-8-18(27)22-14)25-16-6-5-7-17(24-16)26-21(30)15-13-28-11-4-2-9-19(28)23-15/h1-13H,(H2,24,25,26,29,30). The van der Waals surface area contributed by atoms with E-state index in [2.05, 4.69) is 25.6 Å². The predicted octanol–water partition coefficient (Wildman–Crippen LogP) is 2.88. The molecule has 0 aliphatic rings. The highest BCUT2D eigenvalue weighted by Crippen LogP contribution is 2.13. The minimum Gasteiger partial charge on any atom is -0.306 e. The number of imidazole rings is 2. The number of anilines is 2. The zero-order chi connectivity index (χ0) is 20.5. The first kappa shape index (κ1) is 17.6. The van der Waals surface area contributed by atoms with E-state index in [-0.39, 0.29) is 11.4 Å².